The van der Waals surface area contributed by atoms with Crippen LogP contribution in [-0.4, -0.2) is 23.4 Å². The first-order valence-electron chi connectivity index (χ1n) is 6.23. The molecule has 0 bridgehead atoms. The zero-order valence-corrected chi connectivity index (χ0v) is 11.3. The maximum absolute atomic E-state index is 12.6. The molecule has 0 spiro atoms. The van der Waals surface area contributed by atoms with Gasteiger partial charge in [-0.3, -0.25) is 0 Å². The van der Waals surface area contributed by atoms with Crippen LogP contribution in [0.3, 0.4) is 0 Å². The van der Waals surface area contributed by atoms with Gasteiger partial charge in [0.25, 0.3) is 0 Å². The highest BCUT2D eigenvalue weighted by Gasteiger charge is 2.44. The van der Waals surface area contributed by atoms with Crippen molar-refractivity contribution in [3.05, 3.63) is 35.4 Å². The Balaban J connectivity index is 2.70. The lowest BCUT2D eigenvalue weighted by Gasteiger charge is -2.29. The number of nitrogens with one attached hydrogen (secondary N) is 1. The number of hydrogen-bond donors (Lipinski definition) is 2. The van der Waals surface area contributed by atoms with Crippen molar-refractivity contribution < 1.29 is 18.3 Å². The van der Waals surface area contributed by atoms with Gasteiger partial charge in [-0.05, 0) is 23.6 Å². The van der Waals surface area contributed by atoms with Crippen LogP contribution in [0.4, 0.5) is 13.2 Å². The topological polar surface area (TPSA) is 56.0 Å². The quantitative estimate of drug-likeness (QED) is 0.874. The molecule has 6 heteroatoms. The second-order valence-corrected chi connectivity index (χ2v) is 4.95. The van der Waals surface area contributed by atoms with E-state index in [-0.39, 0.29) is 12.5 Å². The number of nitrogens with zero attached hydrogens (tertiary/aromatic N) is 1. The summed E-state index contributed by atoms with van der Waals surface area (Å²) < 4.78 is 37.7. The van der Waals surface area contributed by atoms with E-state index < -0.39 is 18.3 Å². The van der Waals surface area contributed by atoms with Gasteiger partial charge in [0.15, 0.2) is 6.10 Å². The molecule has 110 valence electrons. The first-order valence-corrected chi connectivity index (χ1v) is 6.23. The van der Waals surface area contributed by atoms with Gasteiger partial charge in [-0.1, -0.05) is 26.0 Å². The van der Waals surface area contributed by atoms with E-state index in [9.17, 15) is 18.3 Å². The monoisotopic (exact) mass is 286 g/mol. The van der Waals surface area contributed by atoms with E-state index in [0.29, 0.717) is 5.56 Å². The van der Waals surface area contributed by atoms with E-state index in [1.807, 2.05) is 6.07 Å². The molecule has 2 N–H and O–H groups in total. The standard InChI is InChI=1S/C14H17F3N2O/c1-9(2)12(13(20)14(15,16)17)19-8-11-5-3-10(7-18)4-6-11/h3-6,9,12-13,19-20H,8H2,1-2H3/t12-,13-/m0/s1. The number of alkyl halides is 3. The molecule has 0 aliphatic heterocycles. The average molecular weight is 286 g/mol. The molecule has 0 aliphatic rings. The fraction of sp³-hybridized carbons (Fsp3) is 0.500. The molecule has 1 aromatic carbocycles. The van der Waals surface area contributed by atoms with E-state index in [1.54, 1.807) is 38.1 Å². The van der Waals surface area contributed by atoms with Crippen molar-refractivity contribution in [2.45, 2.75) is 38.7 Å². The molecule has 3 nitrogen and oxygen atoms in total. The van der Waals surface area contributed by atoms with Gasteiger partial charge in [0.1, 0.15) is 0 Å². The Bertz CT molecular complexity index is 463. The van der Waals surface area contributed by atoms with Gasteiger partial charge in [-0.25, -0.2) is 0 Å². The van der Waals surface area contributed by atoms with E-state index in [1.165, 1.54) is 0 Å². The first-order chi connectivity index (χ1) is 9.25. The SMILES string of the molecule is CC(C)[C@H](NCc1ccc(C#N)cc1)[C@H](O)C(F)(F)F. The summed E-state index contributed by atoms with van der Waals surface area (Å²) in [7, 11) is 0. The summed E-state index contributed by atoms with van der Waals surface area (Å²) >= 11 is 0. The molecule has 0 fully saturated rings. The Morgan fingerprint density at radius 1 is 1.25 bits per heavy atom. The minimum absolute atomic E-state index is 0.196. The maximum Gasteiger partial charge on any atom is 0.415 e. The smallest absolute Gasteiger partial charge is 0.382 e. The number of aliphatic hydroxyl groups excluding tert-OH is 1. The van der Waals surface area contributed by atoms with Crippen molar-refractivity contribution in [1.29, 1.82) is 5.26 Å². The van der Waals surface area contributed by atoms with Crippen LogP contribution < -0.4 is 5.32 Å². The highest BCUT2D eigenvalue weighted by Crippen LogP contribution is 2.25. The number of nitriles is 1. The number of rotatable bonds is 5. The lowest BCUT2D eigenvalue weighted by atomic mass is 9.97. The highest BCUT2D eigenvalue weighted by molar-refractivity contribution is 5.31. The Labute approximate surface area is 116 Å². The lowest BCUT2D eigenvalue weighted by molar-refractivity contribution is -0.215. The second-order valence-electron chi connectivity index (χ2n) is 4.95. The minimum atomic E-state index is -4.65. The van der Waals surface area contributed by atoms with Gasteiger partial charge >= 0.3 is 6.18 Å². The summed E-state index contributed by atoms with van der Waals surface area (Å²) in [6.45, 7) is 3.43. The second kappa shape index (κ2) is 6.73. The number of halogens is 3. The Morgan fingerprint density at radius 2 is 1.80 bits per heavy atom. The molecule has 0 amide bonds. The summed E-state index contributed by atoms with van der Waals surface area (Å²) in [6, 6.07) is 7.42. The van der Waals surface area contributed by atoms with E-state index in [2.05, 4.69) is 5.32 Å². The van der Waals surface area contributed by atoms with Crippen LogP contribution in [0.25, 0.3) is 0 Å². The van der Waals surface area contributed by atoms with Gasteiger partial charge in [0.2, 0.25) is 0 Å². The predicted octanol–water partition coefficient (Wildman–Crippen LogP) is 2.60. The zero-order chi connectivity index (χ0) is 15.3. The third kappa shape index (κ3) is 4.51. The molecule has 1 rings (SSSR count). The predicted molar refractivity (Wildman–Crippen MR) is 68.7 cm³/mol. The van der Waals surface area contributed by atoms with E-state index in [0.717, 1.165) is 5.56 Å². The molecule has 1 aromatic rings. The Hall–Kier alpha value is -1.58. The average Bonchev–Trinajstić information content (AvgIpc) is 2.38. The molecular formula is C14H17F3N2O. The van der Waals surface area contributed by atoms with Crippen molar-refractivity contribution >= 4 is 0 Å². The molecule has 0 heterocycles. The third-order valence-corrected chi connectivity index (χ3v) is 3.02. The van der Waals surface area contributed by atoms with Crippen LogP contribution in [0.5, 0.6) is 0 Å². The Morgan fingerprint density at radius 3 is 2.20 bits per heavy atom. The van der Waals surface area contributed by atoms with E-state index >= 15 is 0 Å². The van der Waals surface area contributed by atoms with E-state index in [4.69, 9.17) is 5.26 Å². The maximum atomic E-state index is 12.6. The number of aliphatic hydroxyl groups is 1. The van der Waals surface area contributed by atoms with Gasteiger partial charge in [0.05, 0.1) is 11.6 Å². The van der Waals surface area contributed by atoms with Crippen LogP contribution in [0.1, 0.15) is 25.0 Å². The lowest BCUT2D eigenvalue weighted by Crippen LogP contribution is -2.50. The normalized spacial score (nSPS) is 14.9. The largest absolute Gasteiger partial charge is 0.415 e. The molecule has 0 radical (unpaired) electrons. The molecule has 0 aliphatic carbocycles. The van der Waals surface area contributed by atoms with Crippen LogP contribution in [-0.2, 0) is 6.54 Å². The summed E-state index contributed by atoms with van der Waals surface area (Å²) in [5.41, 5.74) is 1.24. The molecule has 0 saturated carbocycles. The molecule has 0 saturated heterocycles. The third-order valence-electron chi connectivity index (χ3n) is 3.02. The van der Waals surface area contributed by atoms with Crippen molar-refractivity contribution in [2.75, 3.05) is 0 Å². The first kappa shape index (κ1) is 16.5. The highest BCUT2D eigenvalue weighted by atomic mass is 19.4. The number of hydrogen-bond acceptors (Lipinski definition) is 3. The molecule has 2 atom stereocenters. The summed E-state index contributed by atoms with van der Waals surface area (Å²) in [4.78, 5) is 0. The molecule has 0 unspecified atom stereocenters. The summed E-state index contributed by atoms with van der Waals surface area (Å²) in [5, 5.41) is 20.7. The summed E-state index contributed by atoms with van der Waals surface area (Å²) in [6.07, 6.45) is -7.05. The summed E-state index contributed by atoms with van der Waals surface area (Å²) in [5.74, 6) is -0.370. The Kier molecular flexibility index (Phi) is 5.54. The van der Waals surface area contributed by atoms with Crippen LogP contribution in [0.15, 0.2) is 24.3 Å². The fourth-order valence-corrected chi connectivity index (χ4v) is 1.85. The molecular weight excluding hydrogens is 269 g/mol. The number of benzene rings is 1. The van der Waals surface area contributed by atoms with Crippen molar-refractivity contribution in [1.82, 2.24) is 5.32 Å². The van der Waals surface area contributed by atoms with Gasteiger partial charge in [-0.15, -0.1) is 0 Å². The van der Waals surface area contributed by atoms with Crippen LogP contribution >= 0.6 is 0 Å². The van der Waals surface area contributed by atoms with Crippen molar-refractivity contribution in [3.8, 4) is 6.07 Å². The van der Waals surface area contributed by atoms with Crippen molar-refractivity contribution in [2.24, 2.45) is 5.92 Å². The zero-order valence-electron chi connectivity index (χ0n) is 11.3. The van der Waals surface area contributed by atoms with Crippen molar-refractivity contribution in [3.63, 3.8) is 0 Å². The molecule has 20 heavy (non-hydrogen) atoms. The minimum Gasteiger partial charge on any atom is -0.382 e. The molecule has 0 aromatic heterocycles. The van der Waals surface area contributed by atoms with Gasteiger partial charge in [0, 0.05) is 12.6 Å². The van der Waals surface area contributed by atoms with Gasteiger partial charge in [-0.2, -0.15) is 18.4 Å². The van der Waals surface area contributed by atoms with Crippen LogP contribution in [0, 0.1) is 17.2 Å². The fourth-order valence-electron chi connectivity index (χ4n) is 1.85. The van der Waals surface area contributed by atoms with Gasteiger partial charge < -0.3 is 10.4 Å². The van der Waals surface area contributed by atoms with Crippen LogP contribution in [0.2, 0.25) is 0 Å².